The van der Waals surface area contributed by atoms with Crippen molar-refractivity contribution in [1.29, 1.82) is 0 Å². The van der Waals surface area contributed by atoms with Gasteiger partial charge >= 0.3 is 5.97 Å². The zero-order chi connectivity index (χ0) is 13.6. The number of H-pyrrole nitrogens is 1. The lowest BCUT2D eigenvalue weighted by atomic mass is 9.82. The fourth-order valence-corrected chi connectivity index (χ4v) is 3.11. The Balaban J connectivity index is 1.79. The highest BCUT2D eigenvalue weighted by Crippen LogP contribution is 2.48. The monoisotopic (exact) mass is 262 g/mol. The smallest absolute Gasteiger partial charge is 0.307 e. The van der Waals surface area contributed by atoms with E-state index in [1.807, 2.05) is 12.2 Å². The van der Waals surface area contributed by atoms with Crippen molar-refractivity contribution < 1.29 is 14.7 Å². The van der Waals surface area contributed by atoms with E-state index in [-0.39, 0.29) is 23.7 Å². The molecule has 19 heavy (non-hydrogen) atoms. The summed E-state index contributed by atoms with van der Waals surface area (Å²) < 4.78 is 0. The zero-order valence-electron chi connectivity index (χ0n) is 10.3. The number of aryl methyl sites for hydroxylation is 1. The number of hydrogen-bond acceptors (Lipinski definition) is 4. The molecule has 7 heteroatoms. The van der Waals surface area contributed by atoms with Gasteiger partial charge in [-0.1, -0.05) is 12.2 Å². The average molecular weight is 262 g/mol. The Morgan fingerprint density at radius 3 is 2.63 bits per heavy atom. The van der Waals surface area contributed by atoms with Crippen LogP contribution in [0.1, 0.15) is 12.2 Å². The van der Waals surface area contributed by atoms with Gasteiger partial charge in [0.1, 0.15) is 5.82 Å². The summed E-state index contributed by atoms with van der Waals surface area (Å²) in [6.45, 7) is 1.73. The second kappa shape index (κ2) is 4.18. The molecule has 4 atom stereocenters. The van der Waals surface area contributed by atoms with Crippen LogP contribution in [0.3, 0.4) is 0 Å². The molecule has 2 aliphatic rings. The lowest BCUT2D eigenvalue weighted by Gasteiger charge is -2.23. The first-order valence-corrected chi connectivity index (χ1v) is 6.17. The second-order valence-corrected chi connectivity index (χ2v) is 5.07. The number of fused-ring (bicyclic) bond motifs is 2. The Hall–Kier alpha value is -2.18. The molecule has 0 aliphatic heterocycles. The van der Waals surface area contributed by atoms with Crippen molar-refractivity contribution >= 4 is 17.8 Å². The van der Waals surface area contributed by atoms with Crippen LogP contribution in [0.2, 0.25) is 0 Å². The number of rotatable bonds is 3. The van der Waals surface area contributed by atoms with Crippen LogP contribution in [-0.2, 0) is 9.59 Å². The van der Waals surface area contributed by atoms with Crippen LogP contribution in [0.25, 0.3) is 0 Å². The largest absolute Gasteiger partial charge is 0.481 e. The number of allylic oxidation sites excluding steroid dienone is 2. The van der Waals surface area contributed by atoms with Crippen LogP contribution in [0.5, 0.6) is 0 Å². The number of carbonyl (C=O) groups is 2. The number of carboxylic acid groups (broad SMARTS) is 1. The van der Waals surface area contributed by atoms with E-state index in [4.69, 9.17) is 0 Å². The number of nitrogens with zero attached hydrogens (tertiary/aromatic N) is 2. The molecule has 1 heterocycles. The van der Waals surface area contributed by atoms with Crippen molar-refractivity contribution in [3.05, 3.63) is 18.0 Å². The number of amides is 1. The standard InChI is InChI=1S/C12H14N4O3/c1-5-13-12(16-15-5)14-10(17)8-6-2-3-7(4-6)9(8)11(18)19/h2-3,6-9H,4H2,1H3,(H,18,19)(H2,13,14,15,16,17)/t6?,7?,8-,9+/m0/s1. The highest BCUT2D eigenvalue weighted by Gasteiger charge is 2.51. The molecule has 3 N–H and O–H groups in total. The van der Waals surface area contributed by atoms with E-state index in [0.29, 0.717) is 5.82 Å². The molecular formula is C12H14N4O3. The topological polar surface area (TPSA) is 108 Å². The molecule has 1 amide bonds. The summed E-state index contributed by atoms with van der Waals surface area (Å²) in [7, 11) is 0. The minimum absolute atomic E-state index is 0.00568. The van der Waals surface area contributed by atoms with Crippen molar-refractivity contribution in [2.45, 2.75) is 13.3 Å². The molecule has 0 radical (unpaired) electrons. The predicted octanol–water partition coefficient (Wildman–Crippen LogP) is 0.575. The molecule has 1 saturated carbocycles. The second-order valence-electron chi connectivity index (χ2n) is 5.07. The number of carboxylic acids is 1. The summed E-state index contributed by atoms with van der Waals surface area (Å²) in [5.74, 6) is -1.65. The Morgan fingerprint density at radius 2 is 2.05 bits per heavy atom. The third-order valence-electron chi connectivity index (χ3n) is 3.88. The zero-order valence-corrected chi connectivity index (χ0v) is 10.3. The van der Waals surface area contributed by atoms with Crippen LogP contribution >= 0.6 is 0 Å². The Bertz CT molecular complexity index is 565. The molecule has 2 bridgehead atoms. The van der Waals surface area contributed by atoms with Gasteiger partial charge in [-0.2, -0.15) is 4.98 Å². The molecule has 1 aromatic rings. The molecule has 2 unspecified atom stereocenters. The van der Waals surface area contributed by atoms with Gasteiger partial charge in [-0.15, -0.1) is 5.10 Å². The number of aromatic amines is 1. The summed E-state index contributed by atoms with van der Waals surface area (Å²) in [6, 6.07) is 0. The van der Waals surface area contributed by atoms with Gasteiger partial charge in [0.05, 0.1) is 11.8 Å². The number of aliphatic carboxylic acids is 1. The van der Waals surface area contributed by atoms with Crippen LogP contribution < -0.4 is 5.32 Å². The number of hydrogen-bond donors (Lipinski definition) is 3. The van der Waals surface area contributed by atoms with Crippen molar-refractivity contribution in [2.24, 2.45) is 23.7 Å². The molecule has 1 aromatic heterocycles. The highest BCUT2D eigenvalue weighted by molar-refractivity contribution is 5.95. The summed E-state index contributed by atoms with van der Waals surface area (Å²) in [4.78, 5) is 27.5. The maximum absolute atomic E-state index is 12.2. The predicted molar refractivity (Wildman–Crippen MR) is 65.1 cm³/mol. The fraction of sp³-hybridized carbons (Fsp3) is 0.500. The Labute approximate surface area is 109 Å². The third-order valence-corrected chi connectivity index (χ3v) is 3.88. The Kier molecular flexibility index (Phi) is 2.62. The van der Waals surface area contributed by atoms with Crippen LogP contribution in [0, 0.1) is 30.6 Å². The van der Waals surface area contributed by atoms with Gasteiger partial charge in [-0.05, 0) is 25.2 Å². The van der Waals surface area contributed by atoms with E-state index in [2.05, 4.69) is 20.5 Å². The van der Waals surface area contributed by atoms with Gasteiger partial charge in [0.15, 0.2) is 0 Å². The third kappa shape index (κ3) is 1.91. The van der Waals surface area contributed by atoms with Gasteiger partial charge in [0.2, 0.25) is 11.9 Å². The minimum Gasteiger partial charge on any atom is -0.481 e. The van der Waals surface area contributed by atoms with Crippen LogP contribution in [-0.4, -0.2) is 32.2 Å². The van der Waals surface area contributed by atoms with Gasteiger partial charge in [-0.3, -0.25) is 20.0 Å². The van der Waals surface area contributed by atoms with Gasteiger partial charge < -0.3 is 5.11 Å². The first-order valence-electron chi connectivity index (χ1n) is 6.17. The van der Waals surface area contributed by atoms with Crippen molar-refractivity contribution in [3.8, 4) is 0 Å². The highest BCUT2D eigenvalue weighted by atomic mass is 16.4. The molecular weight excluding hydrogens is 248 g/mol. The van der Waals surface area contributed by atoms with Gasteiger partial charge in [0, 0.05) is 0 Å². The molecule has 2 aliphatic carbocycles. The lowest BCUT2D eigenvalue weighted by molar-refractivity contribution is -0.146. The fourth-order valence-electron chi connectivity index (χ4n) is 3.11. The quantitative estimate of drug-likeness (QED) is 0.690. The van der Waals surface area contributed by atoms with Crippen LogP contribution in [0.4, 0.5) is 5.95 Å². The van der Waals surface area contributed by atoms with Gasteiger partial charge in [0.25, 0.3) is 0 Å². The number of aromatic nitrogens is 3. The summed E-state index contributed by atoms with van der Waals surface area (Å²) >= 11 is 0. The van der Waals surface area contributed by atoms with E-state index in [1.54, 1.807) is 6.92 Å². The molecule has 3 rings (SSSR count). The van der Waals surface area contributed by atoms with E-state index in [9.17, 15) is 14.7 Å². The SMILES string of the molecule is Cc1nc(NC(=O)[C@H]2C3C=CC(C3)[C@H]2C(=O)O)n[nH]1. The summed E-state index contributed by atoms with van der Waals surface area (Å²) in [5.41, 5.74) is 0. The number of anilines is 1. The summed E-state index contributed by atoms with van der Waals surface area (Å²) in [6.07, 6.45) is 4.59. The maximum atomic E-state index is 12.2. The molecule has 1 fully saturated rings. The molecule has 100 valence electrons. The molecule has 7 nitrogen and oxygen atoms in total. The molecule has 0 aromatic carbocycles. The van der Waals surface area contributed by atoms with Gasteiger partial charge in [-0.25, -0.2) is 0 Å². The number of carbonyl (C=O) groups excluding carboxylic acids is 1. The normalized spacial score (nSPS) is 31.6. The van der Waals surface area contributed by atoms with E-state index in [1.165, 1.54) is 0 Å². The van der Waals surface area contributed by atoms with E-state index >= 15 is 0 Å². The first kappa shape index (κ1) is 11.9. The maximum Gasteiger partial charge on any atom is 0.307 e. The summed E-state index contributed by atoms with van der Waals surface area (Å²) in [5, 5.41) is 18.3. The minimum atomic E-state index is -0.914. The molecule has 0 spiro atoms. The molecule has 0 saturated heterocycles. The van der Waals surface area contributed by atoms with Crippen molar-refractivity contribution in [2.75, 3.05) is 5.32 Å². The first-order chi connectivity index (χ1) is 9.06. The lowest BCUT2D eigenvalue weighted by Crippen LogP contribution is -2.36. The average Bonchev–Trinajstić information content (AvgIpc) is 3.03. The van der Waals surface area contributed by atoms with Crippen LogP contribution in [0.15, 0.2) is 12.2 Å². The van der Waals surface area contributed by atoms with Crippen molar-refractivity contribution in [1.82, 2.24) is 15.2 Å². The van der Waals surface area contributed by atoms with Crippen molar-refractivity contribution in [3.63, 3.8) is 0 Å². The van der Waals surface area contributed by atoms with E-state index in [0.717, 1.165) is 6.42 Å². The Morgan fingerprint density at radius 1 is 1.37 bits per heavy atom. The van der Waals surface area contributed by atoms with E-state index < -0.39 is 17.8 Å². The number of nitrogens with one attached hydrogen (secondary N) is 2.